The molecule has 0 bridgehead atoms. The number of nitrogens with one attached hydrogen (secondary N) is 2. The minimum atomic E-state index is -0.0460. The first-order valence-electron chi connectivity index (χ1n) is 11.1. The maximum Gasteiger partial charge on any atom is 0.251 e. The third kappa shape index (κ3) is 6.53. The van der Waals surface area contributed by atoms with Crippen LogP contribution in [-0.2, 0) is 18.5 Å². The maximum absolute atomic E-state index is 12.5. The smallest absolute Gasteiger partial charge is 0.251 e. The quantitative estimate of drug-likeness (QED) is 0.464. The van der Waals surface area contributed by atoms with Gasteiger partial charge >= 0.3 is 0 Å². The van der Waals surface area contributed by atoms with E-state index in [9.17, 15) is 4.79 Å². The first kappa shape index (κ1) is 22.8. The molecular weight excluding hydrogens is 380 g/mol. The van der Waals surface area contributed by atoms with Gasteiger partial charge in [0.05, 0.1) is 0 Å². The van der Waals surface area contributed by atoms with Gasteiger partial charge in [0.15, 0.2) is 0 Å². The number of carbonyl (C=O) groups excluding carboxylic acids is 1. The Kier molecular flexibility index (Phi) is 7.64. The van der Waals surface area contributed by atoms with Crippen molar-refractivity contribution in [3.63, 3.8) is 0 Å². The Morgan fingerprint density at radius 1 is 0.806 bits per heavy atom. The summed E-state index contributed by atoms with van der Waals surface area (Å²) in [5.41, 5.74) is 5.79. The summed E-state index contributed by atoms with van der Waals surface area (Å²) in [7, 11) is 0. The topological polar surface area (TPSA) is 41.1 Å². The van der Waals surface area contributed by atoms with Gasteiger partial charge in [0.1, 0.15) is 0 Å². The summed E-state index contributed by atoms with van der Waals surface area (Å²) in [4.78, 5) is 12.5. The molecule has 0 aliphatic carbocycles. The highest BCUT2D eigenvalue weighted by atomic mass is 16.1. The minimum absolute atomic E-state index is 0.0460. The predicted molar refractivity (Wildman–Crippen MR) is 129 cm³/mol. The van der Waals surface area contributed by atoms with Crippen LogP contribution in [0.4, 0.5) is 0 Å². The molecule has 0 spiro atoms. The molecule has 0 aliphatic rings. The van der Waals surface area contributed by atoms with E-state index in [1.807, 2.05) is 42.5 Å². The van der Waals surface area contributed by atoms with E-state index < -0.39 is 0 Å². The van der Waals surface area contributed by atoms with Gasteiger partial charge in [-0.25, -0.2) is 0 Å². The summed E-state index contributed by atoms with van der Waals surface area (Å²) in [6.07, 6.45) is 0.986. The molecule has 2 N–H and O–H groups in total. The standard InChI is InChI=1S/C28H34N2O/c1-5-26(29-19-22-11-17-25(18-12-22)28(2,3)4)23-13-15-24(16-14-23)27(31)30-20-21-9-7-6-8-10-21/h6-18,26,29H,5,19-20H2,1-4H3,(H,30,31). The van der Waals surface area contributed by atoms with Crippen LogP contribution in [-0.4, -0.2) is 5.91 Å². The van der Waals surface area contributed by atoms with Crippen molar-refractivity contribution in [2.45, 2.75) is 58.7 Å². The first-order chi connectivity index (χ1) is 14.9. The molecule has 3 aromatic rings. The molecule has 0 saturated heterocycles. The summed E-state index contributed by atoms with van der Waals surface area (Å²) >= 11 is 0. The number of hydrogen-bond donors (Lipinski definition) is 2. The molecule has 0 fully saturated rings. The van der Waals surface area contributed by atoms with E-state index in [1.165, 1.54) is 16.7 Å². The number of hydrogen-bond acceptors (Lipinski definition) is 2. The van der Waals surface area contributed by atoms with Gasteiger partial charge in [-0.05, 0) is 46.2 Å². The second-order valence-electron chi connectivity index (χ2n) is 9.08. The lowest BCUT2D eigenvalue weighted by molar-refractivity contribution is 0.0951. The van der Waals surface area contributed by atoms with Gasteiger partial charge in [-0.3, -0.25) is 4.79 Å². The Morgan fingerprint density at radius 3 is 2.00 bits per heavy atom. The summed E-state index contributed by atoms with van der Waals surface area (Å²) in [6.45, 7) is 10.2. The monoisotopic (exact) mass is 414 g/mol. The molecule has 3 aromatic carbocycles. The lowest BCUT2D eigenvalue weighted by atomic mass is 9.87. The van der Waals surface area contributed by atoms with Crippen molar-refractivity contribution in [3.8, 4) is 0 Å². The number of amides is 1. The molecule has 0 saturated carbocycles. The van der Waals surface area contributed by atoms with Crippen molar-refractivity contribution >= 4 is 5.91 Å². The van der Waals surface area contributed by atoms with Crippen LogP contribution in [0.25, 0.3) is 0 Å². The van der Waals surface area contributed by atoms with E-state index in [0.29, 0.717) is 12.1 Å². The van der Waals surface area contributed by atoms with E-state index in [-0.39, 0.29) is 17.4 Å². The molecule has 1 amide bonds. The van der Waals surface area contributed by atoms with Gasteiger partial charge in [-0.15, -0.1) is 0 Å². The van der Waals surface area contributed by atoms with Crippen molar-refractivity contribution in [1.82, 2.24) is 10.6 Å². The Morgan fingerprint density at radius 2 is 1.42 bits per heavy atom. The molecule has 0 heterocycles. The molecule has 0 radical (unpaired) electrons. The number of carbonyl (C=O) groups is 1. The lowest BCUT2D eigenvalue weighted by Crippen LogP contribution is -2.23. The zero-order valence-corrected chi connectivity index (χ0v) is 19.1. The van der Waals surface area contributed by atoms with Gasteiger partial charge in [-0.1, -0.05) is 94.4 Å². The largest absolute Gasteiger partial charge is 0.348 e. The van der Waals surface area contributed by atoms with Gasteiger partial charge in [0.2, 0.25) is 0 Å². The van der Waals surface area contributed by atoms with Gasteiger partial charge in [0.25, 0.3) is 5.91 Å². The van der Waals surface area contributed by atoms with E-state index in [2.05, 4.69) is 74.7 Å². The van der Waals surface area contributed by atoms with E-state index in [4.69, 9.17) is 0 Å². The molecular formula is C28H34N2O. The zero-order chi connectivity index (χ0) is 22.3. The molecule has 3 heteroatoms. The van der Waals surface area contributed by atoms with Crippen molar-refractivity contribution < 1.29 is 4.79 Å². The molecule has 0 aliphatic heterocycles. The SMILES string of the molecule is CCC(NCc1ccc(C(C)(C)C)cc1)c1ccc(C(=O)NCc2ccccc2)cc1. The fourth-order valence-corrected chi connectivity index (χ4v) is 3.61. The fraction of sp³-hybridized carbons (Fsp3) is 0.321. The zero-order valence-electron chi connectivity index (χ0n) is 19.1. The Labute approximate surface area is 186 Å². The van der Waals surface area contributed by atoms with Gasteiger partial charge in [-0.2, -0.15) is 0 Å². The number of benzene rings is 3. The molecule has 162 valence electrons. The molecule has 0 aromatic heterocycles. The molecule has 3 rings (SSSR count). The van der Waals surface area contributed by atoms with Crippen LogP contribution in [0.2, 0.25) is 0 Å². The van der Waals surface area contributed by atoms with Crippen molar-refractivity contribution in [3.05, 3.63) is 107 Å². The normalized spacial score (nSPS) is 12.4. The maximum atomic E-state index is 12.5. The van der Waals surface area contributed by atoms with Gasteiger partial charge < -0.3 is 10.6 Å². The minimum Gasteiger partial charge on any atom is -0.348 e. The second-order valence-corrected chi connectivity index (χ2v) is 9.08. The molecule has 3 nitrogen and oxygen atoms in total. The van der Waals surface area contributed by atoms with Gasteiger partial charge in [0, 0.05) is 24.7 Å². The molecule has 31 heavy (non-hydrogen) atoms. The van der Waals surface area contributed by atoms with Crippen LogP contribution in [0.3, 0.4) is 0 Å². The Balaban J connectivity index is 1.56. The third-order valence-corrected chi connectivity index (χ3v) is 5.65. The molecule has 1 atom stereocenters. The first-order valence-corrected chi connectivity index (χ1v) is 11.1. The average Bonchev–Trinajstić information content (AvgIpc) is 2.79. The highest BCUT2D eigenvalue weighted by Gasteiger charge is 2.14. The van der Waals surface area contributed by atoms with Crippen LogP contribution in [0.5, 0.6) is 0 Å². The lowest BCUT2D eigenvalue weighted by Gasteiger charge is -2.20. The summed E-state index contributed by atoms with van der Waals surface area (Å²) < 4.78 is 0. The second kappa shape index (κ2) is 10.4. The van der Waals surface area contributed by atoms with E-state index in [1.54, 1.807) is 0 Å². The van der Waals surface area contributed by atoms with Crippen molar-refractivity contribution in [1.29, 1.82) is 0 Å². The van der Waals surface area contributed by atoms with Crippen LogP contribution < -0.4 is 10.6 Å². The predicted octanol–water partition coefficient (Wildman–Crippen LogP) is 6.16. The average molecular weight is 415 g/mol. The highest BCUT2D eigenvalue weighted by molar-refractivity contribution is 5.94. The summed E-state index contributed by atoms with van der Waals surface area (Å²) in [5.74, 6) is -0.0460. The third-order valence-electron chi connectivity index (χ3n) is 5.65. The van der Waals surface area contributed by atoms with Crippen molar-refractivity contribution in [2.75, 3.05) is 0 Å². The van der Waals surface area contributed by atoms with Crippen LogP contribution >= 0.6 is 0 Å². The fourth-order valence-electron chi connectivity index (χ4n) is 3.61. The molecule has 1 unspecified atom stereocenters. The Bertz CT molecular complexity index is 955. The number of rotatable bonds is 8. The van der Waals surface area contributed by atoms with Crippen LogP contribution in [0.15, 0.2) is 78.9 Å². The van der Waals surface area contributed by atoms with Crippen molar-refractivity contribution in [2.24, 2.45) is 0 Å². The summed E-state index contributed by atoms with van der Waals surface area (Å²) in [6, 6.07) is 27.0. The van der Waals surface area contributed by atoms with E-state index in [0.717, 1.165) is 18.5 Å². The summed E-state index contributed by atoms with van der Waals surface area (Å²) in [5, 5.41) is 6.64. The Hall–Kier alpha value is -2.91. The highest BCUT2D eigenvalue weighted by Crippen LogP contribution is 2.23. The van der Waals surface area contributed by atoms with Crippen LogP contribution in [0.1, 0.15) is 72.8 Å². The van der Waals surface area contributed by atoms with E-state index >= 15 is 0 Å². The van der Waals surface area contributed by atoms with Crippen LogP contribution in [0, 0.1) is 0 Å².